The average molecular weight is 283 g/mol. The molecule has 1 unspecified atom stereocenters. The van der Waals surface area contributed by atoms with Gasteiger partial charge in [0, 0.05) is 19.0 Å². The highest BCUT2D eigenvalue weighted by Crippen LogP contribution is 2.32. The first-order valence-corrected chi connectivity index (χ1v) is 6.95. The number of nitrogens with zero attached hydrogens (tertiary/aromatic N) is 2. The van der Waals surface area contributed by atoms with Gasteiger partial charge < -0.3 is 15.7 Å². The lowest BCUT2D eigenvalue weighted by molar-refractivity contribution is 0.0690. The number of carboxylic acid groups (broad SMARTS) is 1. The number of rotatable bonds is 3. The van der Waals surface area contributed by atoms with Crippen molar-refractivity contribution in [3.05, 3.63) is 53.7 Å². The number of carboxylic acids is 1. The number of hydrogen-bond donors (Lipinski definition) is 2. The summed E-state index contributed by atoms with van der Waals surface area (Å²) in [6.07, 6.45) is 1.02. The van der Waals surface area contributed by atoms with Crippen molar-refractivity contribution in [2.45, 2.75) is 12.3 Å². The Kier molecular flexibility index (Phi) is 3.48. The molecule has 0 amide bonds. The fourth-order valence-electron chi connectivity index (χ4n) is 2.78. The minimum Gasteiger partial charge on any atom is -0.477 e. The van der Waals surface area contributed by atoms with Crippen molar-refractivity contribution in [1.29, 1.82) is 0 Å². The molecule has 108 valence electrons. The van der Waals surface area contributed by atoms with Gasteiger partial charge in [-0.2, -0.15) is 0 Å². The van der Waals surface area contributed by atoms with E-state index in [-0.39, 0.29) is 5.69 Å². The predicted molar refractivity (Wildman–Crippen MR) is 81.6 cm³/mol. The Labute approximate surface area is 123 Å². The molecular weight excluding hydrogens is 266 g/mol. The zero-order valence-electron chi connectivity index (χ0n) is 11.6. The Bertz CT molecular complexity index is 658. The van der Waals surface area contributed by atoms with Crippen LogP contribution in [-0.2, 0) is 0 Å². The number of anilines is 2. The number of aromatic carboxylic acids is 1. The molecule has 0 spiro atoms. The van der Waals surface area contributed by atoms with Crippen LogP contribution >= 0.6 is 0 Å². The van der Waals surface area contributed by atoms with Crippen molar-refractivity contribution in [3.8, 4) is 0 Å². The van der Waals surface area contributed by atoms with Gasteiger partial charge in [0.1, 0.15) is 0 Å². The molecule has 1 fully saturated rings. The van der Waals surface area contributed by atoms with Crippen molar-refractivity contribution in [1.82, 2.24) is 4.98 Å². The highest BCUT2D eigenvalue weighted by Gasteiger charge is 2.26. The summed E-state index contributed by atoms with van der Waals surface area (Å²) in [4.78, 5) is 17.3. The second-order valence-electron chi connectivity index (χ2n) is 5.26. The molecule has 3 rings (SSSR count). The summed E-state index contributed by atoms with van der Waals surface area (Å²) in [6, 6.07) is 13.4. The number of benzene rings is 1. The van der Waals surface area contributed by atoms with Crippen molar-refractivity contribution in [3.63, 3.8) is 0 Å². The van der Waals surface area contributed by atoms with E-state index in [1.54, 1.807) is 6.07 Å². The molecule has 21 heavy (non-hydrogen) atoms. The van der Waals surface area contributed by atoms with Gasteiger partial charge in [-0.15, -0.1) is 0 Å². The van der Waals surface area contributed by atoms with Crippen LogP contribution in [0.2, 0.25) is 0 Å². The Hall–Kier alpha value is -2.56. The molecule has 1 aromatic carbocycles. The van der Waals surface area contributed by atoms with Crippen LogP contribution in [0.25, 0.3) is 0 Å². The summed E-state index contributed by atoms with van der Waals surface area (Å²) in [5.74, 6) is -0.0238. The summed E-state index contributed by atoms with van der Waals surface area (Å²) in [5, 5.41) is 9.05. The van der Waals surface area contributed by atoms with Gasteiger partial charge in [0.15, 0.2) is 11.5 Å². The van der Waals surface area contributed by atoms with E-state index < -0.39 is 5.97 Å². The van der Waals surface area contributed by atoms with E-state index in [1.165, 1.54) is 11.6 Å². The maximum absolute atomic E-state index is 11.0. The molecule has 5 heteroatoms. The second kappa shape index (κ2) is 5.44. The fourth-order valence-corrected chi connectivity index (χ4v) is 2.78. The highest BCUT2D eigenvalue weighted by atomic mass is 16.4. The number of nitrogens with two attached hydrogens (primary N) is 1. The molecule has 1 atom stereocenters. The van der Waals surface area contributed by atoms with E-state index in [0.29, 0.717) is 17.4 Å². The first-order chi connectivity index (χ1) is 10.1. The summed E-state index contributed by atoms with van der Waals surface area (Å²) >= 11 is 0. The van der Waals surface area contributed by atoms with Crippen LogP contribution in [0.3, 0.4) is 0 Å². The van der Waals surface area contributed by atoms with Crippen LogP contribution in [0.4, 0.5) is 11.5 Å². The maximum atomic E-state index is 11.0. The third-order valence-corrected chi connectivity index (χ3v) is 3.88. The van der Waals surface area contributed by atoms with E-state index in [0.717, 1.165) is 19.5 Å². The van der Waals surface area contributed by atoms with Gasteiger partial charge in [-0.05, 0) is 24.1 Å². The van der Waals surface area contributed by atoms with Gasteiger partial charge in [-0.3, -0.25) is 0 Å². The Morgan fingerprint density at radius 3 is 2.71 bits per heavy atom. The summed E-state index contributed by atoms with van der Waals surface area (Å²) in [6.45, 7) is 1.64. The van der Waals surface area contributed by atoms with Crippen molar-refractivity contribution < 1.29 is 9.90 Å². The number of hydrogen-bond acceptors (Lipinski definition) is 4. The van der Waals surface area contributed by atoms with E-state index in [9.17, 15) is 4.79 Å². The van der Waals surface area contributed by atoms with E-state index in [4.69, 9.17) is 10.8 Å². The normalized spacial score (nSPS) is 17.9. The SMILES string of the molecule is Nc1ccc(C(=O)O)nc1N1CCC(c2ccccc2)C1. The van der Waals surface area contributed by atoms with Crippen molar-refractivity contribution in [2.75, 3.05) is 23.7 Å². The maximum Gasteiger partial charge on any atom is 0.354 e. The molecule has 0 aliphatic carbocycles. The van der Waals surface area contributed by atoms with Gasteiger partial charge in [0.25, 0.3) is 0 Å². The topological polar surface area (TPSA) is 79.5 Å². The largest absolute Gasteiger partial charge is 0.477 e. The second-order valence-corrected chi connectivity index (χ2v) is 5.26. The van der Waals surface area contributed by atoms with Gasteiger partial charge in [0.05, 0.1) is 5.69 Å². The molecule has 5 nitrogen and oxygen atoms in total. The van der Waals surface area contributed by atoms with Gasteiger partial charge in [-0.1, -0.05) is 30.3 Å². The molecule has 1 aliphatic rings. The van der Waals surface area contributed by atoms with Crippen LogP contribution in [0.1, 0.15) is 28.4 Å². The monoisotopic (exact) mass is 283 g/mol. The lowest BCUT2D eigenvalue weighted by Gasteiger charge is -2.19. The third-order valence-electron chi connectivity index (χ3n) is 3.88. The highest BCUT2D eigenvalue weighted by molar-refractivity contribution is 5.87. The van der Waals surface area contributed by atoms with Crippen molar-refractivity contribution in [2.24, 2.45) is 0 Å². The Balaban J connectivity index is 1.83. The van der Waals surface area contributed by atoms with E-state index in [2.05, 4.69) is 22.0 Å². The lowest BCUT2D eigenvalue weighted by Crippen LogP contribution is -2.22. The zero-order valence-corrected chi connectivity index (χ0v) is 11.6. The molecule has 1 aliphatic heterocycles. The number of carbonyl (C=O) groups is 1. The Morgan fingerprint density at radius 1 is 1.24 bits per heavy atom. The summed E-state index contributed by atoms with van der Waals surface area (Å²) in [7, 11) is 0. The first-order valence-electron chi connectivity index (χ1n) is 6.95. The summed E-state index contributed by atoms with van der Waals surface area (Å²) < 4.78 is 0. The van der Waals surface area contributed by atoms with E-state index >= 15 is 0 Å². The molecule has 3 N–H and O–H groups in total. The molecule has 1 aromatic heterocycles. The molecule has 2 aromatic rings. The van der Waals surface area contributed by atoms with Crippen LogP contribution in [0, 0.1) is 0 Å². The van der Waals surface area contributed by atoms with Crippen molar-refractivity contribution >= 4 is 17.5 Å². The fraction of sp³-hybridized carbons (Fsp3) is 0.250. The molecule has 0 bridgehead atoms. The lowest BCUT2D eigenvalue weighted by atomic mass is 9.99. The third kappa shape index (κ3) is 2.67. The molecular formula is C16H17N3O2. The average Bonchev–Trinajstić information content (AvgIpc) is 2.98. The number of pyridine rings is 1. The smallest absolute Gasteiger partial charge is 0.354 e. The number of nitrogen functional groups attached to an aromatic ring is 1. The standard InChI is InChI=1S/C16H17N3O2/c17-13-6-7-14(16(20)21)18-15(13)19-9-8-12(10-19)11-4-2-1-3-5-11/h1-7,12H,8-10,17H2,(H,20,21). The summed E-state index contributed by atoms with van der Waals surface area (Å²) in [5.41, 5.74) is 7.81. The van der Waals surface area contributed by atoms with Crippen LogP contribution in [0.15, 0.2) is 42.5 Å². The van der Waals surface area contributed by atoms with E-state index in [1.807, 2.05) is 18.2 Å². The molecule has 0 saturated carbocycles. The van der Waals surface area contributed by atoms with Gasteiger partial charge in [-0.25, -0.2) is 9.78 Å². The van der Waals surface area contributed by atoms with Gasteiger partial charge >= 0.3 is 5.97 Å². The van der Waals surface area contributed by atoms with Crippen LogP contribution in [-0.4, -0.2) is 29.1 Å². The minimum absolute atomic E-state index is 0.0300. The minimum atomic E-state index is -1.03. The predicted octanol–water partition coefficient (Wildman–Crippen LogP) is 2.36. The number of aromatic nitrogens is 1. The molecule has 1 saturated heterocycles. The first kappa shape index (κ1) is 13.4. The molecule has 0 radical (unpaired) electrons. The zero-order chi connectivity index (χ0) is 14.8. The quantitative estimate of drug-likeness (QED) is 0.904. The molecule has 2 heterocycles. The van der Waals surface area contributed by atoms with Gasteiger partial charge in [0.2, 0.25) is 0 Å². The van der Waals surface area contributed by atoms with Crippen LogP contribution < -0.4 is 10.6 Å². The Morgan fingerprint density at radius 2 is 2.00 bits per heavy atom. The van der Waals surface area contributed by atoms with Crippen LogP contribution in [0.5, 0.6) is 0 Å².